The summed E-state index contributed by atoms with van der Waals surface area (Å²) in [5.41, 5.74) is 1.57. The number of aromatic nitrogens is 4. The van der Waals surface area contributed by atoms with Crippen LogP contribution >= 0.6 is 0 Å². The lowest BCUT2D eigenvalue weighted by Gasteiger charge is -2.23. The van der Waals surface area contributed by atoms with E-state index in [4.69, 9.17) is 9.05 Å². The second-order valence-electron chi connectivity index (χ2n) is 10.2. The SMILES string of the molecule is C=C(F)CCC(=O)N(CCCCCc1noc(C2(C)CC2)n1)c1cccc(-c2nc(C3CC3)no2)c1. The van der Waals surface area contributed by atoms with Crippen LogP contribution in [-0.4, -0.2) is 32.7 Å². The van der Waals surface area contributed by atoms with Gasteiger partial charge in [0, 0.05) is 48.4 Å². The van der Waals surface area contributed by atoms with Crippen LogP contribution in [0.5, 0.6) is 0 Å². The van der Waals surface area contributed by atoms with Gasteiger partial charge in [0.2, 0.25) is 11.8 Å². The molecule has 0 unspecified atom stereocenters. The van der Waals surface area contributed by atoms with Gasteiger partial charge in [0.15, 0.2) is 11.6 Å². The van der Waals surface area contributed by atoms with Crippen molar-refractivity contribution in [1.82, 2.24) is 20.3 Å². The molecule has 2 aliphatic rings. The van der Waals surface area contributed by atoms with Crippen LogP contribution in [0.25, 0.3) is 11.5 Å². The number of unbranched alkanes of at least 4 members (excludes halogenated alkanes) is 2. The fourth-order valence-electron chi connectivity index (χ4n) is 4.17. The highest BCUT2D eigenvalue weighted by Crippen LogP contribution is 2.46. The van der Waals surface area contributed by atoms with Crippen molar-refractivity contribution >= 4 is 11.6 Å². The van der Waals surface area contributed by atoms with Gasteiger partial charge in [0.1, 0.15) is 0 Å². The van der Waals surface area contributed by atoms with Crippen LogP contribution < -0.4 is 4.90 Å². The minimum absolute atomic E-state index is 0.0164. The summed E-state index contributed by atoms with van der Waals surface area (Å²) >= 11 is 0. The first-order valence-electron chi connectivity index (χ1n) is 12.8. The molecular formula is C27H32FN5O3. The number of benzene rings is 1. The van der Waals surface area contributed by atoms with Crippen molar-refractivity contribution in [3.63, 3.8) is 0 Å². The van der Waals surface area contributed by atoms with E-state index in [1.54, 1.807) is 4.90 Å². The molecule has 2 aromatic heterocycles. The molecule has 36 heavy (non-hydrogen) atoms. The summed E-state index contributed by atoms with van der Waals surface area (Å²) < 4.78 is 24.1. The van der Waals surface area contributed by atoms with Crippen molar-refractivity contribution in [3.05, 3.63) is 54.2 Å². The van der Waals surface area contributed by atoms with E-state index in [9.17, 15) is 9.18 Å². The van der Waals surface area contributed by atoms with E-state index >= 15 is 0 Å². The Balaban J connectivity index is 1.20. The van der Waals surface area contributed by atoms with E-state index < -0.39 is 5.83 Å². The highest BCUT2D eigenvalue weighted by atomic mass is 19.1. The first-order chi connectivity index (χ1) is 17.4. The Labute approximate surface area is 210 Å². The molecular weight excluding hydrogens is 461 g/mol. The Kier molecular flexibility index (Phi) is 6.98. The molecule has 2 fully saturated rings. The van der Waals surface area contributed by atoms with E-state index in [2.05, 4.69) is 33.8 Å². The van der Waals surface area contributed by atoms with Gasteiger partial charge in [-0.1, -0.05) is 36.3 Å². The van der Waals surface area contributed by atoms with Crippen molar-refractivity contribution in [1.29, 1.82) is 0 Å². The normalized spacial score (nSPS) is 16.2. The van der Waals surface area contributed by atoms with Gasteiger partial charge >= 0.3 is 0 Å². The first kappa shape index (κ1) is 24.3. The lowest BCUT2D eigenvalue weighted by Crippen LogP contribution is -2.31. The molecule has 0 saturated heterocycles. The van der Waals surface area contributed by atoms with Gasteiger partial charge in [-0.15, -0.1) is 0 Å². The molecule has 0 atom stereocenters. The summed E-state index contributed by atoms with van der Waals surface area (Å²) in [7, 11) is 0. The smallest absolute Gasteiger partial charge is 0.258 e. The molecule has 2 heterocycles. The van der Waals surface area contributed by atoms with E-state index in [1.807, 2.05) is 24.3 Å². The molecule has 0 N–H and O–H groups in total. The number of carbonyl (C=O) groups excluding carboxylic acids is 1. The van der Waals surface area contributed by atoms with Gasteiger partial charge in [-0.05, 0) is 56.7 Å². The highest BCUT2D eigenvalue weighted by Gasteiger charge is 2.44. The lowest BCUT2D eigenvalue weighted by molar-refractivity contribution is -0.118. The average molecular weight is 494 g/mol. The molecule has 0 aliphatic heterocycles. The fourth-order valence-corrected chi connectivity index (χ4v) is 4.17. The topological polar surface area (TPSA) is 98.2 Å². The number of carbonyl (C=O) groups is 1. The number of halogens is 1. The number of nitrogens with zero attached hydrogens (tertiary/aromatic N) is 5. The number of aryl methyl sites for hydroxylation is 1. The van der Waals surface area contributed by atoms with Gasteiger partial charge in [-0.25, -0.2) is 4.39 Å². The first-order valence-corrected chi connectivity index (χ1v) is 12.8. The van der Waals surface area contributed by atoms with Crippen LogP contribution in [-0.2, 0) is 16.6 Å². The van der Waals surface area contributed by atoms with Gasteiger partial charge in [-0.2, -0.15) is 9.97 Å². The predicted molar refractivity (Wildman–Crippen MR) is 132 cm³/mol. The third-order valence-corrected chi connectivity index (χ3v) is 6.97. The van der Waals surface area contributed by atoms with E-state index in [0.717, 1.165) is 80.2 Å². The number of rotatable bonds is 13. The Hall–Kier alpha value is -3.36. The Morgan fingerprint density at radius 3 is 2.72 bits per heavy atom. The van der Waals surface area contributed by atoms with Gasteiger partial charge in [0.05, 0.1) is 5.83 Å². The molecule has 1 aromatic carbocycles. The maximum absolute atomic E-state index is 13.3. The number of hydrogen-bond acceptors (Lipinski definition) is 7. The van der Waals surface area contributed by atoms with E-state index in [1.165, 1.54) is 0 Å². The zero-order valence-electron chi connectivity index (χ0n) is 20.7. The molecule has 9 heteroatoms. The van der Waals surface area contributed by atoms with Crippen molar-refractivity contribution in [2.45, 2.75) is 82.5 Å². The standard InChI is InChI=1S/C27H32FN5O3/c1-18(28)10-13-23(34)33(16-5-3-4-9-22-29-26(36-31-22)27(2)14-15-27)21-8-6-7-20(17-21)25-30-24(32-35-25)19-11-12-19/h6-8,17,19H,1,3-5,9-16H2,2H3. The second-order valence-corrected chi connectivity index (χ2v) is 10.2. The zero-order chi connectivity index (χ0) is 25.1. The van der Waals surface area contributed by atoms with Crippen molar-refractivity contribution in [2.75, 3.05) is 11.4 Å². The molecule has 0 radical (unpaired) electrons. The van der Waals surface area contributed by atoms with Gasteiger partial charge < -0.3 is 13.9 Å². The third kappa shape index (κ3) is 5.88. The molecule has 5 rings (SSSR count). The van der Waals surface area contributed by atoms with Crippen LogP contribution in [0.15, 0.2) is 45.7 Å². The van der Waals surface area contributed by atoms with Crippen molar-refractivity contribution in [3.8, 4) is 11.5 Å². The molecule has 8 nitrogen and oxygen atoms in total. The molecule has 190 valence electrons. The van der Waals surface area contributed by atoms with Crippen LogP contribution in [0.2, 0.25) is 0 Å². The lowest BCUT2D eigenvalue weighted by atomic mass is 10.1. The number of amides is 1. The summed E-state index contributed by atoms with van der Waals surface area (Å²) in [6.07, 6.45) is 7.79. The minimum atomic E-state index is -0.491. The molecule has 3 aromatic rings. The Morgan fingerprint density at radius 1 is 1.14 bits per heavy atom. The third-order valence-electron chi connectivity index (χ3n) is 6.97. The largest absolute Gasteiger partial charge is 0.339 e. The van der Waals surface area contributed by atoms with Crippen LogP contribution in [0.3, 0.4) is 0 Å². The monoisotopic (exact) mass is 493 g/mol. The summed E-state index contributed by atoms with van der Waals surface area (Å²) in [5, 5.41) is 8.20. The van der Waals surface area contributed by atoms with Crippen LogP contribution in [0.1, 0.15) is 88.2 Å². The zero-order valence-corrected chi connectivity index (χ0v) is 20.7. The molecule has 2 aliphatic carbocycles. The number of hydrogen-bond donors (Lipinski definition) is 0. The Morgan fingerprint density at radius 2 is 1.97 bits per heavy atom. The molecule has 1 amide bonds. The molecule has 0 spiro atoms. The summed E-state index contributed by atoms with van der Waals surface area (Å²) in [6, 6.07) is 7.52. The fraction of sp³-hybridized carbons (Fsp3) is 0.519. The molecule has 0 bridgehead atoms. The van der Waals surface area contributed by atoms with Crippen LogP contribution in [0.4, 0.5) is 10.1 Å². The van der Waals surface area contributed by atoms with Crippen molar-refractivity contribution < 1.29 is 18.2 Å². The van der Waals surface area contributed by atoms with E-state index in [0.29, 0.717) is 18.4 Å². The Bertz CT molecular complexity index is 1230. The average Bonchev–Trinajstić information content (AvgIpc) is 3.75. The van der Waals surface area contributed by atoms with Crippen molar-refractivity contribution in [2.24, 2.45) is 0 Å². The summed E-state index contributed by atoms with van der Waals surface area (Å²) in [5.74, 6) is 2.44. The van der Waals surface area contributed by atoms with Crippen LogP contribution in [0, 0.1) is 0 Å². The summed E-state index contributed by atoms with van der Waals surface area (Å²) in [6.45, 7) is 5.95. The highest BCUT2D eigenvalue weighted by molar-refractivity contribution is 5.94. The quantitative estimate of drug-likeness (QED) is 0.267. The number of allylic oxidation sites excluding steroid dienone is 1. The minimum Gasteiger partial charge on any atom is -0.339 e. The maximum Gasteiger partial charge on any atom is 0.258 e. The molecule has 2 saturated carbocycles. The van der Waals surface area contributed by atoms with Gasteiger partial charge in [-0.3, -0.25) is 4.79 Å². The summed E-state index contributed by atoms with van der Waals surface area (Å²) in [4.78, 5) is 23.8. The number of anilines is 1. The van der Waals surface area contributed by atoms with E-state index in [-0.39, 0.29) is 24.2 Å². The van der Waals surface area contributed by atoms with Gasteiger partial charge in [0.25, 0.3) is 5.89 Å². The second kappa shape index (κ2) is 10.3. The predicted octanol–water partition coefficient (Wildman–Crippen LogP) is 6.06. The maximum atomic E-state index is 13.3.